The van der Waals surface area contributed by atoms with Crippen molar-refractivity contribution in [3.8, 4) is 0 Å². The minimum absolute atomic E-state index is 0.0622. The molecule has 0 aliphatic carbocycles. The van der Waals surface area contributed by atoms with Gasteiger partial charge in [-0.05, 0) is 69.0 Å². The zero-order valence-corrected chi connectivity index (χ0v) is 20.2. The minimum atomic E-state index is -0.507. The van der Waals surface area contributed by atoms with Gasteiger partial charge in [0.1, 0.15) is 5.60 Å². The fourth-order valence-electron chi connectivity index (χ4n) is 3.69. The molecule has 2 heterocycles. The van der Waals surface area contributed by atoms with Crippen molar-refractivity contribution in [1.29, 1.82) is 0 Å². The third kappa shape index (κ3) is 6.19. The maximum absolute atomic E-state index is 12.1. The van der Waals surface area contributed by atoms with Crippen molar-refractivity contribution in [2.45, 2.75) is 46.3 Å². The van der Waals surface area contributed by atoms with Crippen molar-refractivity contribution in [3.05, 3.63) is 64.5 Å². The minimum Gasteiger partial charge on any atom is -0.444 e. The van der Waals surface area contributed by atoms with Gasteiger partial charge < -0.3 is 36.5 Å². The summed E-state index contributed by atoms with van der Waals surface area (Å²) in [5.41, 5.74) is 16.8. The molecule has 0 saturated heterocycles. The van der Waals surface area contributed by atoms with Crippen LogP contribution >= 0.6 is 0 Å². The first-order valence-electron chi connectivity index (χ1n) is 11.0. The highest BCUT2D eigenvalue weighted by Gasteiger charge is 2.25. The Kier molecular flexibility index (Phi) is 7.48. The lowest BCUT2D eigenvalue weighted by Gasteiger charge is -2.31. The molecule has 0 atom stereocenters. The van der Waals surface area contributed by atoms with Crippen molar-refractivity contribution in [2.75, 3.05) is 6.54 Å². The monoisotopic (exact) mass is 481 g/mol. The molecule has 11 nitrogen and oxygen atoms in total. The smallest absolute Gasteiger partial charge is 0.410 e. The molecule has 2 aromatic carbocycles. The third-order valence-electron chi connectivity index (χ3n) is 5.39. The molecule has 0 unspecified atom stereocenters. The molecule has 0 spiro atoms. The Bertz CT molecular complexity index is 1270. The number of aromatic nitrogens is 2. The van der Waals surface area contributed by atoms with Crippen LogP contribution in [-0.4, -0.2) is 55.2 Å². The summed E-state index contributed by atoms with van der Waals surface area (Å²) in [5.74, 6) is 0.164. The van der Waals surface area contributed by atoms with E-state index in [1.54, 1.807) is 17.3 Å². The van der Waals surface area contributed by atoms with Gasteiger partial charge >= 0.3 is 6.09 Å². The van der Waals surface area contributed by atoms with Crippen LogP contribution in [0.3, 0.4) is 0 Å². The maximum Gasteiger partial charge on any atom is 0.410 e. The lowest BCUT2D eigenvalue weighted by atomic mass is 9.97. The van der Waals surface area contributed by atoms with Gasteiger partial charge in [-0.25, -0.2) is 9.78 Å². The normalized spacial score (nSPS) is 14.2. The first kappa shape index (κ1) is 25.3. The molecule has 1 aromatic heterocycles. The van der Waals surface area contributed by atoms with Gasteiger partial charge in [0.25, 0.3) is 0 Å². The maximum atomic E-state index is 12.1. The number of nitrogens with two attached hydrogens (primary N) is 2. The number of rotatable bonds is 2. The Morgan fingerprint density at radius 3 is 2.43 bits per heavy atom. The van der Waals surface area contributed by atoms with Crippen LogP contribution in [0.15, 0.2) is 47.0 Å². The Morgan fingerprint density at radius 1 is 1.09 bits per heavy atom. The van der Waals surface area contributed by atoms with E-state index >= 15 is 0 Å². The zero-order chi connectivity index (χ0) is 25.8. The number of benzene rings is 2. The molecule has 186 valence electrons. The largest absolute Gasteiger partial charge is 0.444 e. The number of imidazole rings is 1. The van der Waals surface area contributed by atoms with Gasteiger partial charge in [0, 0.05) is 24.2 Å². The molecule has 11 heteroatoms. The van der Waals surface area contributed by atoms with E-state index in [-0.39, 0.29) is 17.8 Å². The van der Waals surface area contributed by atoms with Gasteiger partial charge in [-0.15, -0.1) is 0 Å². The first-order valence-corrected chi connectivity index (χ1v) is 11.0. The summed E-state index contributed by atoms with van der Waals surface area (Å²) in [4.78, 5) is 20.9. The Morgan fingerprint density at radius 2 is 1.77 bits per heavy atom. The number of aromatic amines is 1. The highest BCUT2D eigenvalue weighted by Crippen LogP contribution is 2.22. The lowest BCUT2D eigenvalue weighted by Crippen LogP contribution is -2.40. The molecule has 0 radical (unpaired) electrons. The van der Waals surface area contributed by atoms with Crippen molar-refractivity contribution < 1.29 is 19.9 Å². The summed E-state index contributed by atoms with van der Waals surface area (Å²) in [6, 6.07) is 9.25. The van der Waals surface area contributed by atoms with Gasteiger partial charge in [0.2, 0.25) is 0 Å². The Balaban J connectivity index is 0.000000211. The molecular weight excluding hydrogens is 450 g/mol. The lowest BCUT2D eigenvalue weighted by molar-refractivity contribution is 0.0224. The molecular formula is C24H31N7O4. The van der Waals surface area contributed by atoms with E-state index in [1.165, 1.54) is 5.56 Å². The van der Waals surface area contributed by atoms with E-state index in [1.807, 2.05) is 52.0 Å². The zero-order valence-electron chi connectivity index (χ0n) is 20.2. The van der Waals surface area contributed by atoms with E-state index in [2.05, 4.69) is 20.3 Å². The van der Waals surface area contributed by atoms with Crippen LogP contribution in [-0.2, 0) is 17.7 Å². The molecule has 1 aliphatic rings. The second kappa shape index (κ2) is 10.3. The molecule has 35 heavy (non-hydrogen) atoms. The number of aryl methyl sites for hydroxylation is 1. The average Bonchev–Trinajstić information content (AvgIpc) is 3.31. The van der Waals surface area contributed by atoms with Crippen LogP contribution in [0.25, 0.3) is 11.0 Å². The molecule has 4 rings (SSSR count). The Labute approximate surface area is 203 Å². The van der Waals surface area contributed by atoms with Crippen molar-refractivity contribution in [2.24, 2.45) is 21.8 Å². The molecule has 7 N–H and O–H groups in total. The fourth-order valence-corrected chi connectivity index (χ4v) is 3.69. The predicted octanol–water partition coefficient (Wildman–Crippen LogP) is 3.04. The van der Waals surface area contributed by atoms with E-state index in [4.69, 9.17) is 26.6 Å². The number of nitrogens with one attached hydrogen (secondary N) is 1. The quantitative estimate of drug-likeness (QED) is 0.162. The second-order valence-electron chi connectivity index (χ2n) is 9.20. The first-order chi connectivity index (χ1) is 16.5. The van der Waals surface area contributed by atoms with Gasteiger partial charge in [0.15, 0.2) is 11.7 Å². The van der Waals surface area contributed by atoms with Gasteiger partial charge in [-0.2, -0.15) is 0 Å². The van der Waals surface area contributed by atoms with Crippen LogP contribution in [0, 0.1) is 6.92 Å². The number of hydrogen-bond acceptors (Lipinski definition) is 7. The number of ether oxygens (including phenoxy) is 1. The van der Waals surface area contributed by atoms with Crippen LogP contribution in [0.2, 0.25) is 0 Å². The summed E-state index contributed by atoms with van der Waals surface area (Å²) in [5, 5.41) is 23.2. The molecule has 1 amide bonds. The van der Waals surface area contributed by atoms with Gasteiger partial charge in [-0.3, -0.25) is 0 Å². The number of amidine groups is 2. The van der Waals surface area contributed by atoms with Crippen molar-refractivity contribution in [1.82, 2.24) is 14.9 Å². The van der Waals surface area contributed by atoms with Crippen LogP contribution in [0.4, 0.5) is 4.79 Å². The second-order valence-corrected chi connectivity index (χ2v) is 9.20. The third-order valence-corrected chi connectivity index (χ3v) is 5.39. The number of nitrogens with zero attached hydrogens (tertiary/aromatic N) is 4. The summed E-state index contributed by atoms with van der Waals surface area (Å²) in [7, 11) is 0. The summed E-state index contributed by atoms with van der Waals surface area (Å²) in [6.45, 7) is 8.57. The van der Waals surface area contributed by atoms with Gasteiger partial charge in [0.05, 0.1) is 17.4 Å². The average molecular weight is 482 g/mol. The molecule has 1 aliphatic heterocycles. The SMILES string of the molecule is CC(C)(C)OC(=O)N1CCc2ccc(C(N)=NO)cc2C1.Cc1cc(C(N)=NO)cc2[nH]cnc12. The Hall–Kier alpha value is -4.28. The molecule has 0 bridgehead atoms. The molecule has 0 fully saturated rings. The number of oxime groups is 2. The van der Waals surface area contributed by atoms with Crippen LogP contribution in [0.1, 0.15) is 48.6 Å². The molecule has 3 aromatic rings. The fraction of sp³-hybridized carbons (Fsp3) is 0.333. The van der Waals surface area contributed by atoms with E-state index in [0.29, 0.717) is 24.2 Å². The number of H-pyrrole nitrogens is 1. The van der Waals surface area contributed by atoms with E-state index < -0.39 is 5.60 Å². The van der Waals surface area contributed by atoms with Crippen molar-refractivity contribution in [3.63, 3.8) is 0 Å². The number of hydrogen-bond donors (Lipinski definition) is 5. The highest BCUT2D eigenvalue weighted by molar-refractivity contribution is 6.00. The highest BCUT2D eigenvalue weighted by atomic mass is 16.6. The van der Waals surface area contributed by atoms with Crippen LogP contribution in [0.5, 0.6) is 0 Å². The number of carbonyl (C=O) groups excluding carboxylic acids is 1. The summed E-state index contributed by atoms with van der Waals surface area (Å²) in [6.07, 6.45) is 2.07. The topological polar surface area (TPSA) is 175 Å². The number of fused-ring (bicyclic) bond motifs is 2. The van der Waals surface area contributed by atoms with Crippen LogP contribution < -0.4 is 11.5 Å². The van der Waals surface area contributed by atoms with Gasteiger partial charge in [-0.1, -0.05) is 22.4 Å². The molecule has 0 saturated carbocycles. The summed E-state index contributed by atoms with van der Waals surface area (Å²) < 4.78 is 5.39. The summed E-state index contributed by atoms with van der Waals surface area (Å²) >= 11 is 0. The number of amides is 1. The van der Waals surface area contributed by atoms with E-state index in [0.717, 1.165) is 28.6 Å². The van der Waals surface area contributed by atoms with Crippen molar-refractivity contribution >= 4 is 28.8 Å². The number of carbonyl (C=O) groups is 1. The predicted molar refractivity (Wildman–Crippen MR) is 133 cm³/mol. The van der Waals surface area contributed by atoms with E-state index in [9.17, 15) is 4.79 Å². The standard InChI is InChI=1S/C15H21N3O3.C9H10N4O/c1-15(2,3)21-14(19)18-7-6-10-4-5-11(13(16)17-20)8-12(10)9-18;1-5-2-6(9(10)13-14)3-7-8(5)12-4-11-7/h4-5,8,20H,6-7,9H2,1-3H3,(H2,16,17);2-4,14H,1H3,(H2,10,13)(H,11,12).